The fourth-order valence-electron chi connectivity index (χ4n) is 2.74. The van der Waals surface area contributed by atoms with Gasteiger partial charge in [0.25, 0.3) is 0 Å². The molecule has 0 aliphatic carbocycles. The second-order valence-corrected chi connectivity index (χ2v) is 8.02. The SMILES string of the molecule is CCCn1c(SCC(=O)Nc2c(Cl)cccc2Cl)nnc1-c1cccc(C)c1. The lowest BCUT2D eigenvalue weighted by Crippen LogP contribution is -2.15. The zero-order valence-electron chi connectivity index (χ0n) is 15.6. The number of nitrogens with one attached hydrogen (secondary N) is 1. The summed E-state index contributed by atoms with van der Waals surface area (Å²) >= 11 is 13.6. The Labute approximate surface area is 178 Å². The number of halogens is 2. The molecule has 1 aromatic heterocycles. The number of hydrogen-bond donors (Lipinski definition) is 1. The summed E-state index contributed by atoms with van der Waals surface area (Å²) in [4.78, 5) is 12.4. The Morgan fingerprint density at radius 2 is 1.86 bits per heavy atom. The summed E-state index contributed by atoms with van der Waals surface area (Å²) < 4.78 is 2.05. The van der Waals surface area contributed by atoms with Crippen molar-refractivity contribution in [3.63, 3.8) is 0 Å². The van der Waals surface area contributed by atoms with Crippen LogP contribution in [0, 0.1) is 6.92 Å². The van der Waals surface area contributed by atoms with Gasteiger partial charge in [-0.25, -0.2) is 0 Å². The molecule has 0 saturated carbocycles. The van der Waals surface area contributed by atoms with Crippen molar-refractivity contribution < 1.29 is 4.79 Å². The molecule has 5 nitrogen and oxygen atoms in total. The summed E-state index contributed by atoms with van der Waals surface area (Å²) in [6.07, 6.45) is 0.936. The van der Waals surface area contributed by atoms with Gasteiger partial charge in [-0.1, -0.05) is 71.7 Å². The van der Waals surface area contributed by atoms with Crippen LogP contribution in [-0.4, -0.2) is 26.4 Å². The first-order chi connectivity index (χ1) is 13.5. The number of benzene rings is 2. The number of carbonyl (C=O) groups is 1. The molecule has 1 amide bonds. The van der Waals surface area contributed by atoms with Crippen molar-refractivity contribution in [1.82, 2.24) is 14.8 Å². The standard InChI is InChI=1S/C20H20Cl2N4OS/c1-3-10-26-19(14-7-4-6-13(2)11-14)24-25-20(26)28-12-17(27)23-18-15(21)8-5-9-16(18)22/h4-9,11H,3,10,12H2,1-2H3,(H,23,27). The van der Waals surface area contributed by atoms with E-state index in [4.69, 9.17) is 23.2 Å². The average Bonchev–Trinajstić information content (AvgIpc) is 3.06. The average molecular weight is 435 g/mol. The third-order valence-corrected chi connectivity index (χ3v) is 5.60. The van der Waals surface area contributed by atoms with Gasteiger partial charge in [-0.3, -0.25) is 4.79 Å². The number of carbonyl (C=O) groups excluding carboxylic acids is 1. The van der Waals surface area contributed by atoms with E-state index in [2.05, 4.69) is 33.1 Å². The quantitative estimate of drug-likeness (QED) is 0.484. The lowest BCUT2D eigenvalue weighted by Gasteiger charge is -2.10. The van der Waals surface area contributed by atoms with Crippen molar-refractivity contribution in [2.24, 2.45) is 0 Å². The fourth-order valence-corrected chi connectivity index (χ4v) is 4.00. The molecular weight excluding hydrogens is 415 g/mol. The molecule has 0 spiro atoms. The highest BCUT2D eigenvalue weighted by Crippen LogP contribution is 2.30. The summed E-state index contributed by atoms with van der Waals surface area (Å²) in [6.45, 7) is 4.92. The molecule has 0 saturated heterocycles. The molecule has 0 aliphatic heterocycles. The van der Waals surface area contributed by atoms with Gasteiger partial charge >= 0.3 is 0 Å². The molecule has 0 unspecified atom stereocenters. The van der Waals surface area contributed by atoms with E-state index in [-0.39, 0.29) is 11.7 Å². The van der Waals surface area contributed by atoms with Crippen LogP contribution in [0.1, 0.15) is 18.9 Å². The van der Waals surface area contributed by atoms with Crippen molar-refractivity contribution in [1.29, 1.82) is 0 Å². The van der Waals surface area contributed by atoms with E-state index in [1.807, 2.05) is 25.1 Å². The maximum absolute atomic E-state index is 12.4. The van der Waals surface area contributed by atoms with Crippen LogP contribution < -0.4 is 5.32 Å². The van der Waals surface area contributed by atoms with E-state index in [0.717, 1.165) is 29.9 Å². The molecule has 0 aliphatic rings. The highest BCUT2D eigenvalue weighted by molar-refractivity contribution is 7.99. The van der Waals surface area contributed by atoms with Gasteiger partial charge in [-0.15, -0.1) is 10.2 Å². The van der Waals surface area contributed by atoms with Crippen LogP contribution >= 0.6 is 35.0 Å². The number of thioether (sulfide) groups is 1. The number of amides is 1. The normalized spacial score (nSPS) is 10.9. The van der Waals surface area contributed by atoms with Crippen LogP contribution in [0.15, 0.2) is 47.6 Å². The molecule has 28 heavy (non-hydrogen) atoms. The molecule has 0 bridgehead atoms. The summed E-state index contributed by atoms with van der Waals surface area (Å²) in [5.41, 5.74) is 2.60. The van der Waals surface area contributed by atoms with Gasteiger partial charge in [0, 0.05) is 12.1 Å². The predicted molar refractivity (Wildman–Crippen MR) is 116 cm³/mol. The van der Waals surface area contributed by atoms with Gasteiger partial charge in [-0.05, 0) is 31.5 Å². The van der Waals surface area contributed by atoms with Crippen LogP contribution in [0.3, 0.4) is 0 Å². The monoisotopic (exact) mass is 434 g/mol. The van der Waals surface area contributed by atoms with E-state index < -0.39 is 0 Å². The van der Waals surface area contributed by atoms with Crippen molar-refractivity contribution in [2.75, 3.05) is 11.1 Å². The molecule has 0 fully saturated rings. The van der Waals surface area contributed by atoms with Crippen LogP contribution in [0.2, 0.25) is 10.0 Å². The number of hydrogen-bond acceptors (Lipinski definition) is 4. The van der Waals surface area contributed by atoms with Gasteiger partial charge in [0.15, 0.2) is 11.0 Å². The van der Waals surface area contributed by atoms with Crippen molar-refractivity contribution in [2.45, 2.75) is 32.0 Å². The zero-order chi connectivity index (χ0) is 20.1. The summed E-state index contributed by atoms with van der Waals surface area (Å²) in [5, 5.41) is 12.9. The summed E-state index contributed by atoms with van der Waals surface area (Å²) in [6, 6.07) is 13.2. The van der Waals surface area contributed by atoms with Crippen LogP contribution in [0.4, 0.5) is 5.69 Å². The number of nitrogens with zero attached hydrogens (tertiary/aromatic N) is 3. The first kappa shape index (κ1) is 20.7. The highest BCUT2D eigenvalue weighted by atomic mass is 35.5. The summed E-state index contributed by atoms with van der Waals surface area (Å²) in [5.74, 6) is 0.780. The van der Waals surface area contributed by atoms with Gasteiger partial charge in [0.05, 0.1) is 21.5 Å². The Morgan fingerprint density at radius 3 is 2.54 bits per heavy atom. The van der Waals surface area contributed by atoms with Gasteiger partial charge in [0.1, 0.15) is 0 Å². The Bertz CT molecular complexity index is 970. The first-order valence-electron chi connectivity index (χ1n) is 8.86. The topological polar surface area (TPSA) is 59.8 Å². The van der Waals surface area contributed by atoms with Gasteiger partial charge < -0.3 is 9.88 Å². The third kappa shape index (κ3) is 4.87. The number of para-hydroxylation sites is 1. The second-order valence-electron chi connectivity index (χ2n) is 6.26. The highest BCUT2D eigenvalue weighted by Gasteiger charge is 2.16. The smallest absolute Gasteiger partial charge is 0.234 e. The largest absolute Gasteiger partial charge is 0.323 e. The molecule has 0 radical (unpaired) electrons. The Kier molecular flexibility index (Phi) is 6.99. The Hall–Kier alpha value is -2.02. The molecule has 1 N–H and O–H groups in total. The third-order valence-electron chi connectivity index (χ3n) is 4.00. The van der Waals surface area contributed by atoms with E-state index >= 15 is 0 Å². The van der Waals surface area contributed by atoms with Gasteiger partial charge in [-0.2, -0.15) is 0 Å². The minimum Gasteiger partial charge on any atom is -0.323 e. The molecular formula is C20H20Cl2N4OS. The minimum atomic E-state index is -0.205. The molecule has 1 heterocycles. The Morgan fingerprint density at radius 1 is 1.14 bits per heavy atom. The number of aromatic nitrogens is 3. The van der Waals surface area contributed by atoms with Crippen LogP contribution in [0.25, 0.3) is 11.4 Å². The molecule has 3 aromatic rings. The van der Waals surface area contributed by atoms with E-state index in [9.17, 15) is 4.79 Å². The number of aryl methyl sites for hydroxylation is 1. The lowest BCUT2D eigenvalue weighted by atomic mass is 10.1. The molecule has 8 heteroatoms. The van der Waals surface area contributed by atoms with Gasteiger partial charge in [0.2, 0.25) is 5.91 Å². The predicted octanol–water partition coefficient (Wildman–Crippen LogP) is 5.70. The van der Waals surface area contributed by atoms with E-state index in [1.54, 1.807) is 18.2 Å². The maximum Gasteiger partial charge on any atom is 0.234 e. The van der Waals surface area contributed by atoms with Crippen LogP contribution in [-0.2, 0) is 11.3 Å². The number of anilines is 1. The number of rotatable bonds is 7. The lowest BCUT2D eigenvalue weighted by molar-refractivity contribution is -0.113. The maximum atomic E-state index is 12.4. The van der Waals surface area contributed by atoms with E-state index in [0.29, 0.717) is 20.9 Å². The van der Waals surface area contributed by atoms with Crippen LogP contribution in [0.5, 0.6) is 0 Å². The van der Waals surface area contributed by atoms with Crippen molar-refractivity contribution >= 4 is 46.6 Å². The Balaban J connectivity index is 1.74. The first-order valence-corrected chi connectivity index (χ1v) is 10.6. The zero-order valence-corrected chi connectivity index (χ0v) is 17.9. The molecule has 3 rings (SSSR count). The van der Waals surface area contributed by atoms with Crippen molar-refractivity contribution in [3.05, 3.63) is 58.1 Å². The van der Waals surface area contributed by atoms with E-state index in [1.165, 1.54) is 11.8 Å². The van der Waals surface area contributed by atoms with Crippen molar-refractivity contribution in [3.8, 4) is 11.4 Å². The molecule has 2 aromatic carbocycles. The molecule has 0 atom stereocenters. The molecule has 146 valence electrons. The summed E-state index contributed by atoms with van der Waals surface area (Å²) in [7, 11) is 0. The fraction of sp³-hybridized carbons (Fsp3) is 0.250. The minimum absolute atomic E-state index is 0.178. The second kappa shape index (κ2) is 9.45.